The average molecular weight is 382 g/mol. The third kappa shape index (κ3) is 3.96. The summed E-state index contributed by atoms with van der Waals surface area (Å²) in [6, 6.07) is 1.25. The van der Waals surface area contributed by atoms with E-state index in [1.807, 2.05) is 4.98 Å². The molecule has 2 aromatic rings. The van der Waals surface area contributed by atoms with E-state index >= 15 is 0 Å². The van der Waals surface area contributed by atoms with E-state index in [0.717, 1.165) is 3.59 Å². The van der Waals surface area contributed by atoms with Gasteiger partial charge in [0.25, 0.3) is 11.1 Å². The molecule has 0 radical (unpaired) electrons. The number of aromatic amines is 3. The monoisotopic (exact) mass is 380 g/mol. The molecule has 0 unspecified atom stereocenters. The van der Waals surface area contributed by atoms with Crippen LogP contribution in [0.15, 0.2) is 42.1 Å². The Hall–Kier alpha value is -1.68. The van der Waals surface area contributed by atoms with E-state index in [4.69, 9.17) is 0 Å². The number of hydrogen-bond acceptors (Lipinski definition) is 4. The first-order chi connectivity index (χ1) is 8.41. The zero-order valence-corrected chi connectivity index (χ0v) is 11.7. The lowest BCUT2D eigenvalue weighted by molar-refractivity contribution is 0.995. The fraction of sp³-hybridized carbons (Fsp3) is 0. The maximum atomic E-state index is 10.5. The summed E-state index contributed by atoms with van der Waals surface area (Å²) in [5.74, 6) is 0. The van der Waals surface area contributed by atoms with Crippen LogP contribution in [0, 0.1) is 0 Å². The summed E-state index contributed by atoms with van der Waals surface area (Å²) in [5, 5.41) is 0. The zero-order chi connectivity index (χ0) is 13.7. The van der Waals surface area contributed by atoms with Crippen LogP contribution in [0.2, 0.25) is 0 Å². The predicted octanol–water partition coefficient (Wildman–Crippen LogP) is -0.480. The number of H-pyrrole nitrogens is 3. The highest BCUT2D eigenvalue weighted by Crippen LogP contribution is 1.93. The van der Waals surface area contributed by atoms with Crippen molar-refractivity contribution < 1.29 is 0 Å². The lowest BCUT2D eigenvalue weighted by Gasteiger charge is -1.86. The number of nitrogens with one attached hydrogen (secondary N) is 3. The Morgan fingerprint density at radius 1 is 1.11 bits per heavy atom. The van der Waals surface area contributed by atoms with Crippen LogP contribution in [0.4, 0.5) is 0 Å². The average Bonchev–Trinajstić information content (AvgIpc) is 2.32. The predicted molar refractivity (Wildman–Crippen MR) is 71.0 cm³/mol. The molecular weight excluding hydrogens is 376 g/mol. The minimum atomic E-state index is -0.497. The van der Waals surface area contributed by atoms with E-state index in [0.29, 0.717) is 4.47 Å². The Bertz CT molecular complexity index is 726. The molecule has 0 fully saturated rings. The number of rotatable bonds is 0. The molecule has 2 heterocycles. The van der Waals surface area contributed by atoms with Crippen LogP contribution in [-0.2, 0) is 0 Å². The Morgan fingerprint density at radius 2 is 1.78 bits per heavy atom. The van der Waals surface area contributed by atoms with Crippen LogP contribution in [0.25, 0.3) is 0 Å². The summed E-state index contributed by atoms with van der Waals surface area (Å²) in [6.45, 7) is 0. The first-order valence-corrected chi connectivity index (χ1v) is 5.86. The van der Waals surface area contributed by atoms with E-state index in [9.17, 15) is 19.2 Å². The van der Waals surface area contributed by atoms with Crippen LogP contribution >= 0.6 is 32.1 Å². The maximum absolute atomic E-state index is 10.5. The highest BCUT2D eigenvalue weighted by molar-refractivity contribution is 9.10. The zero-order valence-electron chi connectivity index (χ0n) is 8.57. The smallest absolute Gasteiger partial charge is 0.313 e. The van der Waals surface area contributed by atoms with Crippen molar-refractivity contribution in [3.05, 3.63) is 64.6 Å². The van der Waals surface area contributed by atoms with E-state index in [2.05, 4.69) is 42.0 Å². The molecule has 18 heavy (non-hydrogen) atoms. The van der Waals surface area contributed by atoms with Crippen molar-refractivity contribution in [2.75, 3.05) is 0 Å². The van der Waals surface area contributed by atoms with E-state index in [1.54, 1.807) is 0 Å². The summed E-state index contributed by atoms with van der Waals surface area (Å²) in [4.78, 5) is 48.5. The molecule has 2 rings (SSSR count). The lowest BCUT2D eigenvalue weighted by Crippen LogP contribution is -2.26. The highest BCUT2D eigenvalue weighted by Gasteiger charge is 1.91. The van der Waals surface area contributed by atoms with Crippen LogP contribution in [0.1, 0.15) is 0 Å². The van der Waals surface area contributed by atoms with Gasteiger partial charge in [-0.05, 0) is 15.9 Å². The Balaban J connectivity index is 0.000000180. The fourth-order valence-corrected chi connectivity index (χ4v) is 1.23. The van der Waals surface area contributed by atoms with Crippen molar-refractivity contribution in [2.24, 2.45) is 0 Å². The third-order valence-corrected chi connectivity index (χ3v) is 2.84. The molecule has 0 saturated carbocycles. The van der Waals surface area contributed by atoms with Gasteiger partial charge in [0.2, 0.25) is 0 Å². The van der Waals surface area contributed by atoms with Gasteiger partial charge in [0.15, 0.2) is 0 Å². The normalized spacial score (nSPS) is 9.44. The van der Waals surface area contributed by atoms with Gasteiger partial charge >= 0.3 is 11.4 Å². The molecule has 8 nitrogen and oxygen atoms in total. The SMILES string of the molecule is O=c1[nH]cc(Br)c(=O)[nH]1.O=c1cc[nH]c(=O)n1Br. The van der Waals surface area contributed by atoms with Crippen molar-refractivity contribution in [1.82, 2.24) is 18.5 Å². The second-order valence-corrected chi connectivity index (χ2v) is 4.39. The van der Waals surface area contributed by atoms with Crippen molar-refractivity contribution in [2.45, 2.75) is 0 Å². The van der Waals surface area contributed by atoms with Crippen LogP contribution in [0.3, 0.4) is 0 Å². The minimum Gasteiger partial charge on any atom is -0.313 e. The van der Waals surface area contributed by atoms with Gasteiger partial charge in [-0.3, -0.25) is 14.6 Å². The first kappa shape index (κ1) is 14.4. The standard InChI is InChI=1S/2C4H3BrN2O2/c5-2-1-6-4(9)7-3(2)8;5-7-3(8)1-2-6-4(7)9/h1H,(H2,6,7,8,9);1-2H,(H,6,9). The summed E-state index contributed by atoms with van der Waals surface area (Å²) < 4.78 is 1.13. The molecule has 0 saturated heterocycles. The molecule has 10 heteroatoms. The quantitative estimate of drug-likeness (QED) is 0.570. The largest absolute Gasteiger partial charge is 0.338 e. The second kappa shape index (κ2) is 6.31. The molecule has 0 aliphatic rings. The number of halogens is 2. The van der Waals surface area contributed by atoms with Gasteiger partial charge in [-0.25, -0.2) is 9.59 Å². The molecule has 0 aromatic carbocycles. The van der Waals surface area contributed by atoms with Gasteiger partial charge in [-0.2, -0.15) is 3.59 Å². The van der Waals surface area contributed by atoms with Crippen molar-refractivity contribution in [3.63, 3.8) is 0 Å². The van der Waals surface area contributed by atoms with Gasteiger partial charge in [0.1, 0.15) is 0 Å². The van der Waals surface area contributed by atoms with E-state index in [1.165, 1.54) is 18.5 Å². The topological polar surface area (TPSA) is 121 Å². The first-order valence-electron chi connectivity index (χ1n) is 4.36. The third-order valence-electron chi connectivity index (χ3n) is 1.58. The number of nitrogens with zero attached hydrogens (tertiary/aromatic N) is 1. The van der Waals surface area contributed by atoms with Gasteiger partial charge in [-0.15, -0.1) is 0 Å². The Kier molecular flexibility index (Phi) is 5.04. The molecule has 0 atom stereocenters. The van der Waals surface area contributed by atoms with Gasteiger partial charge < -0.3 is 9.97 Å². The summed E-state index contributed by atoms with van der Waals surface area (Å²) in [6.07, 6.45) is 2.59. The summed E-state index contributed by atoms with van der Waals surface area (Å²) >= 11 is 5.65. The van der Waals surface area contributed by atoms with Crippen molar-refractivity contribution in [1.29, 1.82) is 0 Å². The second-order valence-electron chi connectivity index (χ2n) is 2.82. The van der Waals surface area contributed by atoms with E-state index in [-0.39, 0.29) is 5.56 Å². The summed E-state index contributed by atoms with van der Waals surface area (Å²) in [7, 11) is 0. The lowest BCUT2D eigenvalue weighted by atomic mass is 10.7. The molecular formula is C8H6Br2N4O4. The molecule has 0 spiro atoms. The van der Waals surface area contributed by atoms with Crippen molar-refractivity contribution in [3.8, 4) is 0 Å². The number of aromatic nitrogens is 4. The molecule has 0 aliphatic heterocycles. The molecule has 3 N–H and O–H groups in total. The molecule has 0 amide bonds. The summed E-state index contributed by atoms with van der Waals surface area (Å²) in [5.41, 5.74) is -1.76. The fourth-order valence-electron chi connectivity index (χ4n) is 0.800. The van der Waals surface area contributed by atoms with Gasteiger partial charge in [-0.1, -0.05) is 0 Å². The molecule has 0 aliphatic carbocycles. The Morgan fingerprint density at radius 3 is 2.22 bits per heavy atom. The van der Waals surface area contributed by atoms with Crippen LogP contribution in [0.5, 0.6) is 0 Å². The molecule has 96 valence electrons. The molecule has 0 bridgehead atoms. The van der Waals surface area contributed by atoms with Crippen LogP contribution in [-0.4, -0.2) is 18.5 Å². The number of hydrogen-bond donors (Lipinski definition) is 3. The highest BCUT2D eigenvalue weighted by atomic mass is 79.9. The maximum Gasteiger partial charge on any atom is 0.338 e. The Labute approximate surface area is 115 Å². The van der Waals surface area contributed by atoms with Crippen molar-refractivity contribution >= 4 is 32.1 Å². The molecule has 2 aromatic heterocycles. The minimum absolute atomic E-state index is 0.321. The van der Waals surface area contributed by atoms with Crippen LogP contribution < -0.4 is 22.5 Å². The van der Waals surface area contributed by atoms with Gasteiger partial charge in [0, 0.05) is 18.5 Å². The van der Waals surface area contributed by atoms with Gasteiger partial charge in [0.05, 0.1) is 20.6 Å². The van der Waals surface area contributed by atoms with E-state index < -0.39 is 16.9 Å².